The van der Waals surface area contributed by atoms with E-state index >= 15 is 0 Å². The summed E-state index contributed by atoms with van der Waals surface area (Å²) in [5.41, 5.74) is 3.41. The van der Waals surface area contributed by atoms with Crippen molar-refractivity contribution in [2.75, 3.05) is 12.4 Å². The van der Waals surface area contributed by atoms with Crippen LogP contribution in [0.5, 0.6) is 5.75 Å². The third-order valence-electron chi connectivity index (χ3n) is 4.52. The summed E-state index contributed by atoms with van der Waals surface area (Å²) < 4.78 is 19.8. The zero-order chi connectivity index (χ0) is 20.9. The number of benzene rings is 3. The van der Waals surface area contributed by atoms with Crippen LogP contribution in [-0.2, 0) is 11.2 Å². The smallest absolute Gasteiger partial charge is 0.248 e. The molecule has 30 heavy (non-hydrogen) atoms. The molecule has 4 nitrogen and oxygen atoms in total. The third-order valence-corrected chi connectivity index (χ3v) is 5.55. The van der Waals surface area contributed by atoms with E-state index in [1.54, 1.807) is 23.5 Å². The number of aromatic nitrogens is 1. The van der Waals surface area contributed by atoms with Gasteiger partial charge in [-0.2, -0.15) is 0 Å². The zero-order valence-corrected chi connectivity index (χ0v) is 17.1. The molecule has 4 aromatic rings. The second-order valence-corrected chi connectivity index (χ2v) is 7.78. The lowest BCUT2D eigenvalue weighted by molar-refractivity contribution is -0.111. The summed E-state index contributed by atoms with van der Waals surface area (Å²) in [6.07, 6.45) is 3.67. The largest absolute Gasteiger partial charge is 0.494 e. The highest BCUT2D eigenvalue weighted by Gasteiger charge is 2.06. The minimum absolute atomic E-state index is 0.169. The van der Waals surface area contributed by atoms with E-state index in [1.807, 2.05) is 42.5 Å². The molecule has 150 valence electrons. The molecule has 0 spiro atoms. The molecule has 3 aromatic carbocycles. The highest BCUT2D eigenvalue weighted by molar-refractivity contribution is 7.18. The number of methoxy groups -OCH3 is 1. The Morgan fingerprint density at radius 2 is 1.93 bits per heavy atom. The van der Waals surface area contributed by atoms with E-state index in [9.17, 15) is 9.18 Å². The first-order valence-electron chi connectivity index (χ1n) is 9.37. The first kappa shape index (κ1) is 19.8. The lowest BCUT2D eigenvalue weighted by Crippen LogP contribution is -2.07. The average molecular weight is 418 g/mol. The number of nitrogens with one attached hydrogen (secondary N) is 1. The summed E-state index contributed by atoms with van der Waals surface area (Å²) in [7, 11) is 1.41. The minimum Gasteiger partial charge on any atom is -0.494 e. The number of hydrogen-bond donors (Lipinski definition) is 1. The van der Waals surface area contributed by atoms with Gasteiger partial charge in [-0.1, -0.05) is 30.3 Å². The van der Waals surface area contributed by atoms with E-state index in [-0.39, 0.29) is 11.7 Å². The average Bonchev–Trinajstić information content (AvgIpc) is 3.16. The Balaban J connectivity index is 1.36. The maximum Gasteiger partial charge on any atom is 0.248 e. The van der Waals surface area contributed by atoms with Gasteiger partial charge < -0.3 is 10.1 Å². The van der Waals surface area contributed by atoms with Crippen molar-refractivity contribution in [1.82, 2.24) is 4.98 Å². The Labute approximate surface area is 177 Å². The fourth-order valence-electron chi connectivity index (χ4n) is 3.02. The van der Waals surface area contributed by atoms with Crippen molar-refractivity contribution in [3.8, 4) is 5.75 Å². The number of halogens is 1. The SMILES string of the molecule is COc1ccc(/C=C/C(=O)Nc2ccc(Cc3nc4ccccc4s3)cc2)cc1F. The monoisotopic (exact) mass is 418 g/mol. The number of carbonyl (C=O) groups excluding carboxylic acids is 1. The molecule has 1 aromatic heterocycles. The van der Waals surface area contributed by atoms with Crippen molar-refractivity contribution < 1.29 is 13.9 Å². The molecule has 0 radical (unpaired) electrons. The van der Waals surface area contributed by atoms with E-state index in [0.717, 1.165) is 22.5 Å². The molecule has 1 amide bonds. The molecular formula is C24H19FN2O2S. The summed E-state index contributed by atoms with van der Waals surface area (Å²) >= 11 is 1.69. The standard InChI is InChI=1S/C24H19FN2O2S/c1-29-21-12-8-16(14-19(21)25)9-13-23(28)26-18-10-6-17(7-11-18)15-24-27-20-4-2-3-5-22(20)30-24/h2-14H,15H2,1H3,(H,26,28)/b13-9+. The van der Waals surface area contributed by atoms with Crippen LogP contribution in [0.3, 0.4) is 0 Å². The highest BCUT2D eigenvalue weighted by Crippen LogP contribution is 2.24. The number of fused-ring (bicyclic) bond motifs is 1. The Kier molecular flexibility index (Phi) is 5.86. The molecule has 0 aliphatic carbocycles. The van der Waals surface area contributed by atoms with Gasteiger partial charge in [0, 0.05) is 18.2 Å². The quantitative estimate of drug-likeness (QED) is 0.410. The van der Waals surface area contributed by atoms with E-state index in [4.69, 9.17) is 4.74 Å². The van der Waals surface area contributed by atoms with Crippen molar-refractivity contribution >= 4 is 39.2 Å². The Hall–Kier alpha value is -3.51. The van der Waals surface area contributed by atoms with Crippen LogP contribution in [-0.4, -0.2) is 18.0 Å². The lowest BCUT2D eigenvalue weighted by atomic mass is 10.1. The molecular weight excluding hydrogens is 399 g/mol. The molecule has 0 bridgehead atoms. The van der Waals surface area contributed by atoms with Gasteiger partial charge in [0.15, 0.2) is 11.6 Å². The number of hydrogen-bond acceptors (Lipinski definition) is 4. The maximum absolute atomic E-state index is 13.7. The molecule has 0 atom stereocenters. The summed E-state index contributed by atoms with van der Waals surface area (Å²) in [6.45, 7) is 0. The fourth-order valence-corrected chi connectivity index (χ4v) is 4.02. The first-order valence-corrected chi connectivity index (χ1v) is 10.2. The van der Waals surface area contributed by atoms with Crippen molar-refractivity contribution in [2.45, 2.75) is 6.42 Å². The fraction of sp³-hybridized carbons (Fsp3) is 0.0833. The lowest BCUT2D eigenvalue weighted by Gasteiger charge is -2.04. The Morgan fingerprint density at radius 1 is 1.13 bits per heavy atom. The van der Waals surface area contributed by atoms with Gasteiger partial charge in [0.25, 0.3) is 0 Å². The summed E-state index contributed by atoms with van der Waals surface area (Å²) in [5.74, 6) is -0.587. The van der Waals surface area contributed by atoms with Crippen molar-refractivity contribution in [2.24, 2.45) is 0 Å². The van der Waals surface area contributed by atoms with Gasteiger partial charge in [-0.3, -0.25) is 4.79 Å². The normalized spacial score (nSPS) is 11.1. The maximum atomic E-state index is 13.7. The third kappa shape index (κ3) is 4.72. The van der Waals surface area contributed by atoms with Gasteiger partial charge in [-0.25, -0.2) is 9.37 Å². The number of amides is 1. The van der Waals surface area contributed by atoms with Crippen LogP contribution in [0, 0.1) is 5.82 Å². The number of nitrogens with zero attached hydrogens (tertiary/aromatic N) is 1. The van der Waals surface area contributed by atoms with Crippen molar-refractivity contribution in [3.05, 3.63) is 94.8 Å². The van der Waals surface area contributed by atoms with Gasteiger partial charge in [-0.15, -0.1) is 11.3 Å². The van der Waals surface area contributed by atoms with Crippen LogP contribution < -0.4 is 10.1 Å². The molecule has 0 saturated heterocycles. The first-order chi connectivity index (χ1) is 14.6. The van der Waals surface area contributed by atoms with E-state index in [1.165, 1.54) is 30.0 Å². The predicted octanol–water partition coefficient (Wildman–Crippen LogP) is 5.69. The zero-order valence-electron chi connectivity index (χ0n) is 16.3. The number of anilines is 1. The second-order valence-electron chi connectivity index (χ2n) is 6.67. The second kappa shape index (κ2) is 8.88. The van der Waals surface area contributed by atoms with E-state index < -0.39 is 5.82 Å². The topological polar surface area (TPSA) is 51.2 Å². The van der Waals surface area contributed by atoms with Crippen LogP contribution in [0.2, 0.25) is 0 Å². The molecule has 0 saturated carbocycles. The Bertz CT molecular complexity index is 1180. The van der Waals surface area contributed by atoms with Crippen LogP contribution in [0.25, 0.3) is 16.3 Å². The van der Waals surface area contributed by atoms with Crippen LogP contribution in [0.4, 0.5) is 10.1 Å². The molecule has 0 aliphatic rings. The number of thiazole rings is 1. The van der Waals surface area contributed by atoms with Gasteiger partial charge in [0.1, 0.15) is 0 Å². The van der Waals surface area contributed by atoms with Crippen LogP contribution >= 0.6 is 11.3 Å². The molecule has 0 fully saturated rings. The molecule has 6 heteroatoms. The number of rotatable bonds is 6. The summed E-state index contributed by atoms with van der Waals surface area (Å²) in [5, 5.41) is 3.86. The molecule has 4 rings (SSSR count). The summed E-state index contributed by atoms with van der Waals surface area (Å²) in [6, 6.07) is 20.3. The van der Waals surface area contributed by atoms with Crippen LogP contribution in [0.1, 0.15) is 16.1 Å². The van der Waals surface area contributed by atoms with Gasteiger partial charge >= 0.3 is 0 Å². The van der Waals surface area contributed by atoms with Gasteiger partial charge in [0.2, 0.25) is 5.91 Å². The van der Waals surface area contributed by atoms with E-state index in [2.05, 4.69) is 16.4 Å². The molecule has 0 aliphatic heterocycles. The minimum atomic E-state index is -0.469. The molecule has 1 N–H and O–H groups in total. The molecule has 0 unspecified atom stereocenters. The van der Waals surface area contributed by atoms with Crippen molar-refractivity contribution in [1.29, 1.82) is 0 Å². The van der Waals surface area contributed by atoms with Gasteiger partial charge in [0.05, 0.1) is 22.3 Å². The molecule has 1 heterocycles. The predicted molar refractivity (Wildman–Crippen MR) is 119 cm³/mol. The number of ether oxygens (including phenoxy) is 1. The summed E-state index contributed by atoms with van der Waals surface area (Å²) in [4.78, 5) is 16.8. The van der Waals surface area contributed by atoms with Crippen molar-refractivity contribution in [3.63, 3.8) is 0 Å². The van der Waals surface area contributed by atoms with Crippen LogP contribution in [0.15, 0.2) is 72.8 Å². The van der Waals surface area contributed by atoms with Gasteiger partial charge in [-0.05, 0) is 53.6 Å². The highest BCUT2D eigenvalue weighted by atomic mass is 32.1. The number of para-hydroxylation sites is 1. The Morgan fingerprint density at radius 3 is 2.67 bits per heavy atom. The van der Waals surface area contributed by atoms with E-state index in [0.29, 0.717) is 11.3 Å². The number of carbonyl (C=O) groups is 1.